The first-order valence-corrected chi connectivity index (χ1v) is 9.50. The summed E-state index contributed by atoms with van der Waals surface area (Å²) in [4.78, 5) is 27.9. The molecule has 27 heavy (non-hydrogen) atoms. The Bertz CT molecular complexity index is 739. The Kier molecular flexibility index (Phi) is 5.60. The van der Waals surface area contributed by atoms with Crippen LogP contribution in [-0.2, 0) is 11.3 Å². The third-order valence-electron chi connectivity index (χ3n) is 5.10. The maximum Gasteiger partial charge on any atom is 0.274 e. The van der Waals surface area contributed by atoms with E-state index in [-0.39, 0.29) is 5.91 Å². The van der Waals surface area contributed by atoms with Gasteiger partial charge in [0.25, 0.3) is 5.91 Å². The molecule has 1 amide bonds. The molecule has 2 saturated heterocycles. The molecule has 1 aromatic carbocycles. The second-order valence-electron chi connectivity index (χ2n) is 6.91. The number of hydrogen-bond acceptors (Lipinski definition) is 6. The molecule has 0 saturated carbocycles. The number of benzene rings is 1. The van der Waals surface area contributed by atoms with E-state index in [1.54, 1.807) is 12.4 Å². The zero-order valence-corrected chi connectivity index (χ0v) is 15.5. The summed E-state index contributed by atoms with van der Waals surface area (Å²) in [6.07, 6.45) is 3.30. The maximum absolute atomic E-state index is 12.7. The van der Waals surface area contributed by atoms with Crippen molar-refractivity contribution in [2.45, 2.75) is 6.54 Å². The molecule has 2 aliphatic heterocycles. The number of morpholine rings is 1. The maximum atomic E-state index is 12.7. The fourth-order valence-electron chi connectivity index (χ4n) is 3.50. The lowest BCUT2D eigenvalue weighted by Crippen LogP contribution is -2.48. The lowest BCUT2D eigenvalue weighted by molar-refractivity contribution is 0.0622. The van der Waals surface area contributed by atoms with Crippen LogP contribution in [0, 0.1) is 0 Å². The molecule has 0 N–H and O–H groups in total. The van der Waals surface area contributed by atoms with Gasteiger partial charge in [-0.3, -0.25) is 9.69 Å². The summed E-state index contributed by atoms with van der Waals surface area (Å²) in [6, 6.07) is 10.4. The van der Waals surface area contributed by atoms with Crippen LogP contribution in [0.5, 0.6) is 0 Å². The van der Waals surface area contributed by atoms with Gasteiger partial charge in [0.2, 0.25) is 0 Å². The van der Waals surface area contributed by atoms with Crippen LogP contribution in [0.3, 0.4) is 0 Å². The van der Waals surface area contributed by atoms with Crippen LogP contribution >= 0.6 is 0 Å². The van der Waals surface area contributed by atoms with Crippen LogP contribution < -0.4 is 4.90 Å². The molecule has 0 spiro atoms. The zero-order valence-electron chi connectivity index (χ0n) is 15.5. The summed E-state index contributed by atoms with van der Waals surface area (Å²) in [7, 11) is 0. The van der Waals surface area contributed by atoms with E-state index in [2.05, 4.69) is 44.0 Å². The second-order valence-corrected chi connectivity index (χ2v) is 6.91. The molecule has 0 bridgehead atoms. The van der Waals surface area contributed by atoms with Crippen molar-refractivity contribution >= 4 is 11.7 Å². The van der Waals surface area contributed by atoms with Crippen LogP contribution in [0.1, 0.15) is 16.1 Å². The number of anilines is 1. The number of carbonyl (C=O) groups is 1. The van der Waals surface area contributed by atoms with Crippen LogP contribution in [0.25, 0.3) is 0 Å². The number of ether oxygens (including phenoxy) is 1. The number of hydrogen-bond donors (Lipinski definition) is 0. The first-order valence-electron chi connectivity index (χ1n) is 9.50. The minimum Gasteiger partial charge on any atom is -0.378 e. The summed E-state index contributed by atoms with van der Waals surface area (Å²) in [5.41, 5.74) is 1.73. The summed E-state index contributed by atoms with van der Waals surface area (Å²) < 4.78 is 5.35. The van der Waals surface area contributed by atoms with Gasteiger partial charge in [0, 0.05) is 45.8 Å². The second kappa shape index (κ2) is 8.45. The molecule has 2 aliphatic rings. The van der Waals surface area contributed by atoms with E-state index >= 15 is 0 Å². The SMILES string of the molecule is O=C(c1cnc(N2CCOCC2)cn1)N1CCN(Cc2ccccc2)CC1. The van der Waals surface area contributed by atoms with E-state index in [1.165, 1.54) is 5.56 Å². The summed E-state index contributed by atoms with van der Waals surface area (Å²) in [5, 5.41) is 0. The van der Waals surface area contributed by atoms with E-state index in [9.17, 15) is 4.79 Å². The van der Waals surface area contributed by atoms with Gasteiger partial charge in [0.15, 0.2) is 0 Å². The van der Waals surface area contributed by atoms with Gasteiger partial charge in [-0.1, -0.05) is 30.3 Å². The molecule has 1 aromatic heterocycles. The Balaban J connectivity index is 1.31. The number of rotatable bonds is 4. The first-order chi connectivity index (χ1) is 13.3. The van der Waals surface area contributed by atoms with E-state index in [0.717, 1.165) is 51.6 Å². The number of aromatic nitrogens is 2. The minimum atomic E-state index is -0.0320. The predicted molar refractivity (Wildman–Crippen MR) is 103 cm³/mol. The predicted octanol–water partition coefficient (Wildman–Crippen LogP) is 1.27. The van der Waals surface area contributed by atoms with Crippen molar-refractivity contribution in [1.29, 1.82) is 0 Å². The Labute approximate surface area is 159 Å². The number of piperazine rings is 1. The van der Waals surface area contributed by atoms with Gasteiger partial charge < -0.3 is 14.5 Å². The Morgan fingerprint density at radius 3 is 2.33 bits per heavy atom. The van der Waals surface area contributed by atoms with Crippen molar-refractivity contribution in [3.63, 3.8) is 0 Å². The molecular formula is C20H25N5O2. The molecule has 2 fully saturated rings. The molecule has 0 atom stereocenters. The Morgan fingerprint density at radius 2 is 1.67 bits per heavy atom. The molecule has 142 valence electrons. The number of carbonyl (C=O) groups excluding carboxylic acids is 1. The Hall–Kier alpha value is -2.51. The average molecular weight is 367 g/mol. The van der Waals surface area contributed by atoms with Crippen molar-refractivity contribution in [2.24, 2.45) is 0 Å². The molecule has 0 radical (unpaired) electrons. The average Bonchev–Trinajstić information content (AvgIpc) is 2.75. The van der Waals surface area contributed by atoms with E-state index < -0.39 is 0 Å². The van der Waals surface area contributed by atoms with Crippen LogP contribution in [-0.4, -0.2) is 78.2 Å². The van der Waals surface area contributed by atoms with E-state index in [1.807, 2.05) is 11.0 Å². The highest BCUT2D eigenvalue weighted by Crippen LogP contribution is 2.13. The fourth-order valence-corrected chi connectivity index (χ4v) is 3.50. The van der Waals surface area contributed by atoms with Gasteiger partial charge in [-0.2, -0.15) is 0 Å². The smallest absolute Gasteiger partial charge is 0.274 e. The zero-order chi connectivity index (χ0) is 18.5. The standard InChI is InChI=1S/C20H25N5O2/c26-20(18-14-22-19(15-21-18)24-10-12-27-13-11-24)25-8-6-23(7-9-25)16-17-4-2-1-3-5-17/h1-5,14-15H,6-13,16H2. The largest absolute Gasteiger partial charge is 0.378 e. The Morgan fingerprint density at radius 1 is 0.926 bits per heavy atom. The molecule has 0 aliphatic carbocycles. The third kappa shape index (κ3) is 4.43. The van der Waals surface area contributed by atoms with Crippen molar-refractivity contribution in [3.05, 3.63) is 54.0 Å². The van der Waals surface area contributed by atoms with Crippen molar-refractivity contribution < 1.29 is 9.53 Å². The quantitative estimate of drug-likeness (QED) is 0.811. The lowest BCUT2D eigenvalue weighted by Gasteiger charge is -2.34. The molecule has 3 heterocycles. The van der Waals surface area contributed by atoms with Gasteiger partial charge in [0.05, 0.1) is 25.6 Å². The summed E-state index contributed by atoms with van der Waals surface area (Å²) in [5.74, 6) is 0.776. The lowest BCUT2D eigenvalue weighted by atomic mass is 10.2. The van der Waals surface area contributed by atoms with Crippen LogP contribution in [0.2, 0.25) is 0 Å². The summed E-state index contributed by atoms with van der Waals surface area (Å²) in [6.45, 7) is 7.15. The van der Waals surface area contributed by atoms with Crippen molar-refractivity contribution in [3.8, 4) is 0 Å². The monoisotopic (exact) mass is 367 g/mol. The fraction of sp³-hybridized carbons (Fsp3) is 0.450. The number of amides is 1. The summed E-state index contributed by atoms with van der Waals surface area (Å²) >= 11 is 0. The van der Waals surface area contributed by atoms with Gasteiger partial charge in [-0.15, -0.1) is 0 Å². The van der Waals surface area contributed by atoms with Crippen molar-refractivity contribution in [2.75, 3.05) is 57.4 Å². The van der Waals surface area contributed by atoms with E-state index in [4.69, 9.17) is 4.74 Å². The third-order valence-corrected chi connectivity index (χ3v) is 5.10. The number of nitrogens with zero attached hydrogens (tertiary/aromatic N) is 5. The van der Waals surface area contributed by atoms with Gasteiger partial charge >= 0.3 is 0 Å². The van der Waals surface area contributed by atoms with Gasteiger partial charge in [0.1, 0.15) is 11.5 Å². The minimum absolute atomic E-state index is 0.0320. The van der Waals surface area contributed by atoms with E-state index in [0.29, 0.717) is 18.9 Å². The van der Waals surface area contributed by atoms with Crippen molar-refractivity contribution in [1.82, 2.24) is 19.8 Å². The highest BCUT2D eigenvalue weighted by Gasteiger charge is 2.23. The molecule has 2 aromatic rings. The normalized spacial score (nSPS) is 18.5. The molecule has 4 rings (SSSR count). The molecule has 7 heteroatoms. The topological polar surface area (TPSA) is 61.8 Å². The molecule has 7 nitrogen and oxygen atoms in total. The molecular weight excluding hydrogens is 342 g/mol. The van der Waals surface area contributed by atoms with Crippen LogP contribution in [0.15, 0.2) is 42.7 Å². The van der Waals surface area contributed by atoms with Gasteiger partial charge in [-0.25, -0.2) is 9.97 Å². The van der Waals surface area contributed by atoms with Crippen LogP contribution in [0.4, 0.5) is 5.82 Å². The first kappa shape index (κ1) is 17.9. The highest BCUT2D eigenvalue weighted by atomic mass is 16.5. The molecule has 0 unspecified atom stereocenters. The highest BCUT2D eigenvalue weighted by molar-refractivity contribution is 5.92. The van der Waals surface area contributed by atoms with Gasteiger partial charge in [-0.05, 0) is 5.56 Å².